The van der Waals surface area contributed by atoms with Crippen molar-refractivity contribution in [2.24, 2.45) is 0 Å². The molecular weight excluding hydrogens is 426 g/mol. The average Bonchev–Trinajstić information content (AvgIpc) is 3.29. The van der Waals surface area contributed by atoms with Crippen molar-refractivity contribution in [3.63, 3.8) is 0 Å². The Morgan fingerprint density at radius 1 is 0.667 bits per heavy atom. The number of rotatable bonds is 6. The summed E-state index contributed by atoms with van der Waals surface area (Å²) in [6.07, 6.45) is 0. The zero-order valence-electron chi connectivity index (χ0n) is 17.8. The van der Waals surface area contributed by atoms with Gasteiger partial charge in [0.05, 0.1) is 0 Å². The second-order valence-electron chi connectivity index (χ2n) is 7.37. The number of carbonyl (C=O) groups is 1. The number of amides is 1. The summed E-state index contributed by atoms with van der Waals surface area (Å²) in [5, 5.41) is 4.58. The molecule has 1 N–H and O–H groups in total. The fourth-order valence-corrected chi connectivity index (χ4v) is 4.60. The Labute approximate surface area is 196 Å². The summed E-state index contributed by atoms with van der Waals surface area (Å²) in [5.41, 5.74) is 4.30. The third kappa shape index (κ3) is 4.54. The number of para-hydroxylation sites is 2. The summed E-state index contributed by atoms with van der Waals surface area (Å²) in [6, 6.07) is 39.4. The highest BCUT2D eigenvalue weighted by Crippen LogP contribution is 2.43. The SMILES string of the molecule is O=C(Nc1sc(N(c2ccccc2)c2ccccc2)nc1-c1ccccc1)c1ccccc1. The van der Waals surface area contributed by atoms with Crippen LogP contribution in [0.15, 0.2) is 121 Å². The van der Waals surface area contributed by atoms with Gasteiger partial charge in [0.1, 0.15) is 10.7 Å². The first-order valence-corrected chi connectivity index (χ1v) is 11.4. The molecule has 0 fully saturated rings. The van der Waals surface area contributed by atoms with Crippen molar-refractivity contribution in [2.45, 2.75) is 0 Å². The Morgan fingerprint density at radius 3 is 1.70 bits per heavy atom. The van der Waals surface area contributed by atoms with Crippen LogP contribution in [-0.2, 0) is 0 Å². The lowest BCUT2D eigenvalue weighted by molar-refractivity contribution is 0.102. The molecule has 160 valence electrons. The predicted molar refractivity (Wildman–Crippen MR) is 137 cm³/mol. The molecule has 4 aromatic carbocycles. The van der Waals surface area contributed by atoms with Gasteiger partial charge in [-0.2, -0.15) is 0 Å². The maximum atomic E-state index is 13.0. The summed E-state index contributed by atoms with van der Waals surface area (Å²) in [7, 11) is 0. The van der Waals surface area contributed by atoms with E-state index >= 15 is 0 Å². The smallest absolute Gasteiger partial charge is 0.256 e. The number of anilines is 4. The molecule has 0 aliphatic heterocycles. The molecule has 1 heterocycles. The monoisotopic (exact) mass is 447 g/mol. The van der Waals surface area contributed by atoms with Crippen molar-refractivity contribution in [3.05, 3.63) is 127 Å². The first kappa shape index (κ1) is 20.7. The number of hydrogen-bond donors (Lipinski definition) is 1. The average molecular weight is 448 g/mol. The van der Waals surface area contributed by atoms with Crippen LogP contribution in [0.5, 0.6) is 0 Å². The summed E-state index contributed by atoms with van der Waals surface area (Å²) < 4.78 is 0. The molecule has 1 amide bonds. The van der Waals surface area contributed by atoms with Crippen LogP contribution in [0.3, 0.4) is 0 Å². The van der Waals surface area contributed by atoms with Gasteiger partial charge < -0.3 is 5.32 Å². The maximum Gasteiger partial charge on any atom is 0.256 e. The van der Waals surface area contributed by atoms with E-state index in [1.54, 1.807) is 12.1 Å². The van der Waals surface area contributed by atoms with Gasteiger partial charge in [-0.25, -0.2) is 4.98 Å². The lowest BCUT2D eigenvalue weighted by atomic mass is 10.1. The molecule has 0 atom stereocenters. The third-order valence-corrected chi connectivity index (χ3v) is 6.10. The highest BCUT2D eigenvalue weighted by molar-refractivity contribution is 7.20. The molecule has 33 heavy (non-hydrogen) atoms. The van der Waals surface area contributed by atoms with Crippen LogP contribution in [0.1, 0.15) is 10.4 Å². The first-order chi connectivity index (χ1) is 16.3. The molecule has 0 saturated heterocycles. The summed E-state index contributed by atoms with van der Waals surface area (Å²) in [6.45, 7) is 0. The summed E-state index contributed by atoms with van der Waals surface area (Å²) >= 11 is 1.46. The van der Waals surface area contributed by atoms with Gasteiger partial charge in [0.2, 0.25) is 0 Å². The zero-order valence-corrected chi connectivity index (χ0v) is 18.6. The number of benzene rings is 4. The molecular formula is C28H21N3OS. The maximum absolute atomic E-state index is 13.0. The summed E-state index contributed by atoms with van der Waals surface area (Å²) in [5.74, 6) is -0.158. The molecule has 0 aliphatic carbocycles. The van der Waals surface area contributed by atoms with Gasteiger partial charge in [-0.15, -0.1) is 0 Å². The van der Waals surface area contributed by atoms with Gasteiger partial charge >= 0.3 is 0 Å². The number of hydrogen-bond acceptors (Lipinski definition) is 4. The van der Waals surface area contributed by atoms with E-state index in [1.165, 1.54) is 11.3 Å². The van der Waals surface area contributed by atoms with Gasteiger partial charge in [-0.3, -0.25) is 9.69 Å². The Bertz CT molecular complexity index is 1300. The van der Waals surface area contributed by atoms with Gasteiger partial charge in [-0.05, 0) is 36.4 Å². The number of aromatic nitrogens is 1. The zero-order chi connectivity index (χ0) is 22.5. The Hall–Kier alpha value is -4.22. The van der Waals surface area contributed by atoms with Crippen molar-refractivity contribution in [3.8, 4) is 11.3 Å². The highest BCUT2D eigenvalue weighted by atomic mass is 32.1. The lowest BCUT2D eigenvalue weighted by Crippen LogP contribution is -2.11. The van der Waals surface area contributed by atoms with E-state index in [1.807, 2.05) is 84.9 Å². The van der Waals surface area contributed by atoms with Crippen LogP contribution >= 0.6 is 11.3 Å². The van der Waals surface area contributed by atoms with Crippen LogP contribution in [0.25, 0.3) is 11.3 Å². The Morgan fingerprint density at radius 2 is 1.15 bits per heavy atom. The topological polar surface area (TPSA) is 45.2 Å². The van der Waals surface area contributed by atoms with E-state index in [2.05, 4.69) is 34.5 Å². The fourth-order valence-electron chi connectivity index (χ4n) is 3.57. The minimum absolute atomic E-state index is 0.158. The fraction of sp³-hybridized carbons (Fsp3) is 0. The van der Waals surface area contributed by atoms with Crippen LogP contribution in [0.4, 0.5) is 21.5 Å². The largest absolute Gasteiger partial charge is 0.312 e. The molecule has 1 aromatic heterocycles. The van der Waals surface area contributed by atoms with Crippen molar-refractivity contribution in [2.75, 3.05) is 10.2 Å². The standard InChI is InChI=1S/C28H21N3OS/c32-26(22-15-7-2-8-16-22)30-27-25(21-13-5-1-6-14-21)29-28(33-27)31(23-17-9-3-10-18-23)24-19-11-4-12-20-24/h1-20H,(H,30,32). The van der Waals surface area contributed by atoms with Gasteiger partial charge in [0.25, 0.3) is 5.91 Å². The van der Waals surface area contributed by atoms with E-state index in [9.17, 15) is 4.79 Å². The number of nitrogens with one attached hydrogen (secondary N) is 1. The molecule has 5 heteroatoms. The van der Waals surface area contributed by atoms with Crippen molar-refractivity contribution < 1.29 is 4.79 Å². The lowest BCUT2D eigenvalue weighted by Gasteiger charge is -2.22. The molecule has 0 bridgehead atoms. The van der Waals surface area contributed by atoms with E-state index in [0.29, 0.717) is 10.6 Å². The number of nitrogens with zero attached hydrogens (tertiary/aromatic N) is 2. The minimum atomic E-state index is -0.158. The van der Waals surface area contributed by atoms with Crippen LogP contribution in [0.2, 0.25) is 0 Å². The molecule has 0 radical (unpaired) electrons. The first-order valence-electron chi connectivity index (χ1n) is 10.6. The predicted octanol–water partition coefficient (Wildman–Crippen LogP) is 7.53. The second-order valence-corrected chi connectivity index (χ2v) is 8.34. The molecule has 0 aliphatic rings. The highest BCUT2D eigenvalue weighted by Gasteiger charge is 2.22. The number of thiazole rings is 1. The van der Waals surface area contributed by atoms with Crippen molar-refractivity contribution in [1.29, 1.82) is 0 Å². The van der Waals surface area contributed by atoms with Crippen molar-refractivity contribution in [1.82, 2.24) is 4.98 Å². The van der Waals surface area contributed by atoms with Crippen LogP contribution < -0.4 is 10.2 Å². The van der Waals surface area contributed by atoms with Crippen LogP contribution in [0, 0.1) is 0 Å². The molecule has 5 aromatic rings. The Balaban J connectivity index is 1.62. The van der Waals surface area contributed by atoms with Crippen molar-refractivity contribution >= 4 is 38.8 Å². The van der Waals surface area contributed by atoms with Gasteiger partial charge in [0.15, 0.2) is 5.13 Å². The second kappa shape index (κ2) is 9.51. The van der Waals surface area contributed by atoms with Gasteiger partial charge in [0, 0.05) is 22.5 Å². The molecule has 4 nitrogen and oxygen atoms in total. The molecule has 0 unspecified atom stereocenters. The quantitative estimate of drug-likeness (QED) is 0.293. The van der Waals surface area contributed by atoms with Crippen LogP contribution in [-0.4, -0.2) is 10.9 Å². The van der Waals surface area contributed by atoms with E-state index in [0.717, 1.165) is 27.8 Å². The van der Waals surface area contributed by atoms with Gasteiger partial charge in [-0.1, -0.05) is 96.3 Å². The Kier molecular flexibility index (Phi) is 5.95. The third-order valence-electron chi connectivity index (χ3n) is 5.15. The molecule has 0 spiro atoms. The minimum Gasteiger partial charge on any atom is -0.312 e. The van der Waals surface area contributed by atoms with E-state index in [-0.39, 0.29) is 5.91 Å². The molecule has 5 rings (SSSR count). The molecule has 0 saturated carbocycles. The van der Waals surface area contributed by atoms with E-state index < -0.39 is 0 Å². The number of carbonyl (C=O) groups excluding carboxylic acids is 1. The normalized spacial score (nSPS) is 10.5. The van der Waals surface area contributed by atoms with E-state index in [4.69, 9.17) is 4.98 Å². The summed E-state index contributed by atoms with van der Waals surface area (Å²) in [4.78, 5) is 20.1.